The van der Waals surface area contributed by atoms with Gasteiger partial charge in [0.15, 0.2) is 0 Å². The molecule has 0 saturated heterocycles. The van der Waals surface area contributed by atoms with E-state index in [2.05, 4.69) is 10.3 Å². The predicted molar refractivity (Wildman–Crippen MR) is 61.3 cm³/mol. The molecule has 1 fully saturated rings. The minimum atomic E-state index is 0.281. The van der Waals surface area contributed by atoms with Gasteiger partial charge in [0.2, 0.25) is 0 Å². The number of anilines is 1. The standard InChI is InChI=1S/C11H15ClN2O/c1-15-10-6-2-5-9(10)14-11-8(12)4-3-7-13-11/h3-4,7,9-10H,2,5-6H2,1H3,(H,13,14). The van der Waals surface area contributed by atoms with Crippen molar-refractivity contribution in [1.82, 2.24) is 4.98 Å². The molecular weight excluding hydrogens is 212 g/mol. The molecule has 0 aromatic carbocycles. The van der Waals surface area contributed by atoms with Crippen molar-refractivity contribution in [2.45, 2.75) is 31.4 Å². The van der Waals surface area contributed by atoms with Gasteiger partial charge in [-0.3, -0.25) is 0 Å². The van der Waals surface area contributed by atoms with E-state index >= 15 is 0 Å². The molecule has 1 heterocycles. The van der Waals surface area contributed by atoms with Crippen LogP contribution in [0.15, 0.2) is 18.3 Å². The van der Waals surface area contributed by atoms with Crippen molar-refractivity contribution >= 4 is 17.4 Å². The molecule has 1 N–H and O–H groups in total. The molecule has 1 aliphatic carbocycles. The van der Waals surface area contributed by atoms with Crippen molar-refractivity contribution in [3.8, 4) is 0 Å². The molecule has 4 heteroatoms. The minimum absolute atomic E-state index is 0.281. The first kappa shape index (κ1) is 10.7. The van der Waals surface area contributed by atoms with Gasteiger partial charge in [-0.2, -0.15) is 0 Å². The molecule has 0 bridgehead atoms. The number of methoxy groups -OCH3 is 1. The highest BCUT2D eigenvalue weighted by molar-refractivity contribution is 6.32. The van der Waals surface area contributed by atoms with Gasteiger partial charge in [-0.1, -0.05) is 11.6 Å². The quantitative estimate of drug-likeness (QED) is 0.861. The van der Waals surface area contributed by atoms with E-state index < -0.39 is 0 Å². The fourth-order valence-electron chi connectivity index (χ4n) is 2.04. The Morgan fingerprint density at radius 2 is 2.40 bits per heavy atom. The zero-order valence-corrected chi connectivity index (χ0v) is 9.50. The van der Waals surface area contributed by atoms with Gasteiger partial charge >= 0.3 is 0 Å². The van der Waals surface area contributed by atoms with Crippen LogP contribution in [-0.2, 0) is 4.74 Å². The summed E-state index contributed by atoms with van der Waals surface area (Å²) in [7, 11) is 1.75. The van der Waals surface area contributed by atoms with Crippen LogP contribution >= 0.6 is 11.6 Å². The number of pyridine rings is 1. The maximum absolute atomic E-state index is 6.03. The summed E-state index contributed by atoms with van der Waals surface area (Å²) in [4.78, 5) is 4.21. The lowest BCUT2D eigenvalue weighted by Gasteiger charge is -2.20. The average molecular weight is 227 g/mol. The van der Waals surface area contributed by atoms with Gasteiger partial charge in [-0.05, 0) is 31.4 Å². The van der Waals surface area contributed by atoms with Crippen LogP contribution in [0.25, 0.3) is 0 Å². The third-order valence-electron chi connectivity index (χ3n) is 2.84. The van der Waals surface area contributed by atoms with Gasteiger partial charge in [-0.25, -0.2) is 4.98 Å². The van der Waals surface area contributed by atoms with Crippen molar-refractivity contribution in [3.05, 3.63) is 23.4 Å². The lowest BCUT2D eigenvalue weighted by molar-refractivity contribution is 0.101. The zero-order chi connectivity index (χ0) is 10.7. The molecular formula is C11H15ClN2O. The molecule has 0 radical (unpaired) electrons. The minimum Gasteiger partial charge on any atom is -0.379 e. The van der Waals surface area contributed by atoms with E-state index in [1.807, 2.05) is 12.1 Å². The molecule has 1 saturated carbocycles. The van der Waals surface area contributed by atoms with Crippen LogP contribution in [0.2, 0.25) is 5.02 Å². The van der Waals surface area contributed by atoms with Crippen LogP contribution in [0, 0.1) is 0 Å². The van der Waals surface area contributed by atoms with E-state index in [1.54, 1.807) is 13.3 Å². The molecule has 1 aromatic heterocycles. The Morgan fingerprint density at radius 3 is 3.13 bits per heavy atom. The summed E-state index contributed by atoms with van der Waals surface area (Å²) in [5, 5.41) is 4.01. The van der Waals surface area contributed by atoms with E-state index in [-0.39, 0.29) is 6.10 Å². The van der Waals surface area contributed by atoms with E-state index in [1.165, 1.54) is 6.42 Å². The summed E-state index contributed by atoms with van der Waals surface area (Å²) >= 11 is 6.03. The van der Waals surface area contributed by atoms with Gasteiger partial charge in [0.1, 0.15) is 5.82 Å². The predicted octanol–water partition coefficient (Wildman–Crippen LogP) is 2.71. The van der Waals surface area contributed by atoms with E-state index in [9.17, 15) is 0 Å². The van der Waals surface area contributed by atoms with E-state index in [4.69, 9.17) is 16.3 Å². The molecule has 15 heavy (non-hydrogen) atoms. The van der Waals surface area contributed by atoms with Crippen LogP contribution in [0.4, 0.5) is 5.82 Å². The Labute approximate surface area is 94.8 Å². The van der Waals surface area contributed by atoms with Crippen molar-refractivity contribution in [2.24, 2.45) is 0 Å². The third-order valence-corrected chi connectivity index (χ3v) is 3.14. The summed E-state index contributed by atoms with van der Waals surface area (Å²) in [6.07, 6.45) is 5.44. The van der Waals surface area contributed by atoms with Crippen LogP contribution in [0.3, 0.4) is 0 Å². The van der Waals surface area contributed by atoms with E-state index in [0.717, 1.165) is 18.7 Å². The van der Waals surface area contributed by atoms with Crippen LogP contribution < -0.4 is 5.32 Å². The first-order valence-electron chi connectivity index (χ1n) is 5.21. The molecule has 0 aliphatic heterocycles. The molecule has 0 amide bonds. The number of rotatable bonds is 3. The van der Waals surface area contributed by atoms with Gasteiger partial charge in [0.05, 0.1) is 17.2 Å². The number of hydrogen-bond acceptors (Lipinski definition) is 3. The van der Waals surface area contributed by atoms with Gasteiger partial charge in [0, 0.05) is 13.3 Å². The summed E-state index contributed by atoms with van der Waals surface area (Å²) in [6, 6.07) is 4.01. The Kier molecular flexibility index (Phi) is 3.44. The largest absolute Gasteiger partial charge is 0.379 e. The summed E-state index contributed by atoms with van der Waals surface area (Å²) in [6.45, 7) is 0. The summed E-state index contributed by atoms with van der Waals surface area (Å²) < 4.78 is 5.40. The molecule has 2 rings (SSSR count). The molecule has 2 atom stereocenters. The molecule has 2 unspecified atom stereocenters. The van der Waals surface area contributed by atoms with Crippen LogP contribution in [0.5, 0.6) is 0 Å². The first-order valence-corrected chi connectivity index (χ1v) is 5.59. The monoisotopic (exact) mass is 226 g/mol. The Bertz CT molecular complexity index is 332. The van der Waals surface area contributed by atoms with Crippen molar-refractivity contribution in [1.29, 1.82) is 0 Å². The number of aromatic nitrogens is 1. The number of nitrogens with zero attached hydrogens (tertiary/aromatic N) is 1. The number of nitrogens with one attached hydrogen (secondary N) is 1. The zero-order valence-electron chi connectivity index (χ0n) is 8.74. The smallest absolute Gasteiger partial charge is 0.145 e. The SMILES string of the molecule is COC1CCCC1Nc1ncccc1Cl. The lowest BCUT2D eigenvalue weighted by Crippen LogP contribution is -2.30. The molecule has 1 aromatic rings. The first-order chi connectivity index (χ1) is 7.31. The fourth-order valence-corrected chi connectivity index (χ4v) is 2.22. The Hall–Kier alpha value is -0.800. The topological polar surface area (TPSA) is 34.1 Å². The number of ether oxygens (including phenoxy) is 1. The maximum Gasteiger partial charge on any atom is 0.145 e. The third kappa shape index (κ3) is 2.41. The second-order valence-corrected chi connectivity index (χ2v) is 4.20. The van der Waals surface area contributed by atoms with Crippen molar-refractivity contribution < 1.29 is 4.74 Å². The second kappa shape index (κ2) is 4.81. The van der Waals surface area contributed by atoms with Gasteiger partial charge in [0.25, 0.3) is 0 Å². The molecule has 82 valence electrons. The fraction of sp³-hybridized carbons (Fsp3) is 0.545. The molecule has 1 aliphatic rings. The van der Waals surface area contributed by atoms with Crippen molar-refractivity contribution in [2.75, 3.05) is 12.4 Å². The van der Waals surface area contributed by atoms with Crippen LogP contribution in [-0.4, -0.2) is 24.2 Å². The number of halogens is 1. The average Bonchev–Trinajstić information content (AvgIpc) is 2.69. The highest BCUT2D eigenvalue weighted by Crippen LogP contribution is 2.27. The van der Waals surface area contributed by atoms with Gasteiger partial charge in [-0.15, -0.1) is 0 Å². The number of hydrogen-bond donors (Lipinski definition) is 1. The summed E-state index contributed by atoms with van der Waals surface area (Å²) in [5.41, 5.74) is 0. The highest BCUT2D eigenvalue weighted by Gasteiger charge is 2.27. The van der Waals surface area contributed by atoms with E-state index in [0.29, 0.717) is 11.1 Å². The second-order valence-electron chi connectivity index (χ2n) is 3.79. The molecule has 0 spiro atoms. The van der Waals surface area contributed by atoms with Gasteiger partial charge < -0.3 is 10.1 Å². The Morgan fingerprint density at radius 1 is 1.53 bits per heavy atom. The lowest BCUT2D eigenvalue weighted by atomic mass is 10.2. The summed E-state index contributed by atoms with van der Waals surface area (Å²) in [5.74, 6) is 0.758. The highest BCUT2D eigenvalue weighted by atomic mass is 35.5. The molecule has 3 nitrogen and oxygen atoms in total. The Balaban J connectivity index is 2.05. The maximum atomic E-state index is 6.03. The normalized spacial score (nSPS) is 25.5. The van der Waals surface area contributed by atoms with Crippen LogP contribution in [0.1, 0.15) is 19.3 Å². The van der Waals surface area contributed by atoms with Crippen molar-refractivity contribution in [3.63, 3.8) is 0 Å².